The third kappa shape index (κ3) is 3.32. The van der Waals surface area contributed by atoms with Gasteiger partial charge in [0.25, 0.3) is 0 Å². The van der Waals surface area contributed by atoms with E-state index in [4.69, 9.17) is 5.11 Å². The average Bonchev–Trinajstić information content (AvgIpc) is 2.26. The number of anilines is 1. The van der Waals surface area contributed by atoms with Crippen LogP contribution in [-0.4, -0.2) is 29.2 Å². The van der Waals surface area contributed by atoms with Crippen LogP contribution >= 0.6 is 0 Å². The molecule has 0 fully saturated rings. The van der Waals surface area contributed by atoms with Crippen molar-refractivity contribution < 1.29 is 36.2 Å². The summed E-state index contributed by atoms with van der Waals surface area (Å²) in [5, 5.41) is 10.9. The number of carbonyl (C=O) groups excluding carboxylic acids is 1. The molecule has 20 heavy (non-hydrogen) atoms. The molecule has 1 aromatic carbocycles. The fourth-order valence-electron chi connectivity index (χ4n) is 1.15. The van der Waals surface area contributed by atoms with E-state index in [-0.39, 0.29) is 5.69 Å². The normalized spacial score (nSPS) is 12.9. The number of para-hydroxylation sites is 1. The molecular formula is C10H8F6N2O2. The van der Waals surface area contributed by atoms with E-state index in [0.717, 1.165) is 0 Å². The zero-order valence-electron chi connectivity index (χ0n) is 9.51. The SMILES string of the molecule is O=C(Nc1ccccc1)NC(O)(C(F)(F)F)C(F)(F)F. The van der Waals surface area contributed by atoms with Crippen LogP contribution in [0.1, 0.15) is 0 Å². The predicted octanol–water partition coefficient (Wildman–Crippen LogP) is 2.62. The van der Waals surface area contributed by atoms with Crippen LogP contribution in [0, 0.1) is 0 Å². The lowest BCUT2D eigenvalue weighted by molar-refractivity contribution is -0.374. The number of halogens is 6. The van der Waals surface area contributed by atoms with Crippen molar-refractivity contribution >= 4 is 11.7 Å². The zero-order valence-corrected chi connectivity index (χ0v) is 9.51. The van der Waals surface area contributed by atoms with Gasteiger partial charge in [0.1, 0.15) is 0 Å². The van der Waals surface area contributed by atoms with Crippen molar-refractivity contribution in [3.8, 4) is 0 Å². The molecule has 2 amide bonds. The molecule has 0 spiro atoms. The molecule has 0 aliphatic heterocycles. The highest BCUT2D eigenvalue weighted by Crippen LogP contribution is 2.41. The topological polar surface area (TPSA) is 61.4 Å². The van der Waals surface area contributed by atoms with Gasteiger partial charge in [-0.1, -0.05) is 18.2 Å². The van der Waals surface area contributed by atoms with E-state index < -0.39 is 24.1 Å². The first-order valence-electron chi connectivity index (χ1n) is 4.97. The molecule has 4 nitrogen and oxygen atoms in total. The average molecular weight is 302 g/mol. The lowest BCUT2D eigenvalue weighted by Crippen LogP contribution is -2.68. The van der Waals surface area contributed by atoms with Crippen LogP contribution in [0.4, 0.5) is 36.8 Å². The Morgan fingerprint density at radius 1 is 0.950 bits per heavy atom. The minimum absolute atomic E-state index is 0.0447. The lowest BCUT2D eigenvalue weighted by Gasteiger charge is -2.32. The number of urea groups is 1. The molecule has 10 heteroatoms. The molecule has 3 N–H and O–H groups in total. The number of amides is 2. The molecule has 0 aromatic heterocycles. The number of hydrogen-bond donors (Lipinski definition) is 3. The fraction of sp³-hybridized carbons (Fsp3) is 0.300. The predicted molar refractivity (Wildman–Crippen MR) is 55.7 cm³/mol. The van der Waals surface area contributed by atoms with Crippen molar-refractivity contribution in [3.63, 3.8) is 0 Å². The quantitative estimate of drug-likeness (QED) is 0.581. The Morgan fingerprint density at radius 2 is 1.40 bits per heavy atom. The van der Waals surface area contributed by atoms with Crippen LogP contribution < -0.4 is 10.6 Å². The van der Waals surface area contributed by atoms with Gasteiger partial charge in [-0.05, 0) is 12.1 Å². The maximum atomic E-state index is 12.3. The number of hydrogen-bond acceptors (Lipinski definition) is 2. The van der Waals surface area contributed by atoms with Gasteiger partial charge in [0, 0.05) is 5.69 Å². The summed E-state index contributed by atoms with van der Waals surface area (Å²) < 4.78 is 73.7. The largest absolute Gasteiger partial charge is 0.446 e. The maximum Gasteiger partial charge on any atom is 0.446 e. The summed E-state index contributed by atoms with van der Waals surface area (Å²) in [5.41, 5.74) is -5.38. The summed E-state index contributed by atoms with van der Waals surface area (Å²) in [6.45, 7) is 0. The van der Waals surface area contributed by atoms with Crippen LogP contribution in [0.2, 0.25) is 0 Å². The molecule has 0 saturated carbocycles. The van der Waals surface area contributed by atoms with Gasteiger partial charge in [0.2, 0.25) is 0 Å². The number of rotatable bonds is 2. The Labute approximate surface area is 108 Å². The number of alkyl halides is 6. The summed E-state index contributed by atoms with van der Waals surface area (Å²) >= 11 is 0. The van der Waals surface area contributed by atoms with Gasteiger partial charge in [0.05, 0.1) is 0 Å². The van der Waals surface area contributed by atoms with E-state index >= 15 is 0 Å². The summed E-state index contributed by atoms with van der Waals surface area (Å²) in [6, 6.07) is 4.93. The van der Waals surface area contributed by atoms with Gasteiger partial charge in [-0.25, -0.2) is 4.79 Å². The Bertz CT molecular complexity index is 457. The van der Waals surface area contributed by atoms with Gasteiger partial charge >= 0.3 is 24.1 Å². The molecule has 1 aromatic rings. The Balaban J connectivity index is 2.90. The van der Waals surface area contributed by atoms with E-state index in [9.17, 15) is 31.1 Å². The molecular weight excluding hydrogens is 294 g/mol. The molecule has 0 saturated heterocycles. The first-order chi connectivity index (χ1) is 8.97. The van der Waals surface area contributed by atoms with Crippen LogP contribution in [0.5, 0.6) is 0 Å². The van der Waals surface area contributed by atoms with Crippen LogP contribution in [0.3, 0.4) is 0 Å². The molecule has 1 rings (SSSR count). The summed E-state index contributed by atoms with van der Waals surface area (Å²) in [6.07, 6.45) is -12.3. The summed E-state index contributed by atoms with van der Waals surface area (Å²) in [5.74, 6) is 0. The summed E-state index contributed by atoms with van der Waals surface area (Å²) in [7, 11) is 0. The van der Waals surface area contributed by atoms with E-state index in [1.807, 2.05) is 0 Å². The van der Waals surface area contributed by atoms with Gasteiger partial charge in [0.15, 0.2) is 0 Å². The van der Waals surface area contributed by atoms with Crippen molar-refractivity contribution in [1.82, 2.24) is 5.32 Å². The molecule has 0 bridgehead atoms. The van der Waals surface area contributed by atoms with E-state index in [1.165, 1.54) is 30.3 Å². The highest BCUT2D eigenvalue weighted by atomic mass is 19.4. The second-order valence-corrected chi connectivity index (χ2v) is 3.65. The van der Waals surface area contributed by atoms with E-state index in [2.05, 4.69) is 0 Å². The van der Waals surface area contributed by atoms with E-state index in [1.54, 1.807) is 5.32 Å². The number of aliphatic hydroxyl groups is 1. The molecule has 0 heterocycles. The molecule has 0 unspecified atom stereocenters. The van der Waals surface area contributed by atoms with Crippen molar-refractivity contribution in [2.24, 2.45) is 0 Å². The first kappa shape index (κ1) is 16.1. The van der Waals surface area contributed by atoms with Crippen molar-refractivity contribution in [2.75, 3.05) is 5.32 Å². The third-order valence-corrected chi connectivity index (χ3v) is 2.15. The third-order valence-electron chi connectivity index (χ3n) is 2.15. The lowest BCUT2D eigenvalue weighted by atomic mass is 10.2. The highest BCUT2D eigenvalue weighted by Gasteiger charge is 2.72. The first-order valence-corrected chi connectivity index (χ1v) is 4.97. The van der Waals surface area contributed by atoms with Gasteiger partial charge in [-0.3, -0.25) is 5.32 Å². The number of benzene rings is 1. The second kappa shape index (κ2) is 5.19. The molecule has 112 valence electrons. The van der Waals surface area contributed by atoms with Crippen molar-refractivity contribution in [3.05, 3.63) is 30.3 Å². The smallest absolute Gasteiger partial charge is 0.356 e. The van der Waals surface area contributed by atoms with Crippen LogP contribution in [-0.2, 0) is 0 Å². The number of carbonyl (C=O) groups is 1. The zero-order chi connectivity index (χ0) is 15.6. The molecule has 0 radical (unpaired) electrons. The Hall–Kier alpha value is -1.97. The highest BCUT2D eigenvalue weighted by molar-refractivity contribution is 5.89. The minimum Gasteiger partial charge on any atom is -0.356 e. The Morgan fingerprint density at radius 3 is 1.80 bits per heavy atom. The van der Waals surface area contributed by atoms with Gasteiger partial charge in [-0.15, -0.1) is 0 Å². The Kier molecular flexibility index (Phi) is 4.18. The molecule has 0 aliphatic rings. The van der Waals surface area contributed by atoms with Crippen molar-refractivity contribution in [2.45, 2.75) is 18.1 Å². The van der Waals surface area contributed by atoms with Crippen LogP contribution in [0.15, 0.2) is 30.3 Å². The minimum atomic E-state index is -6.13. The maximum absolute atomic E-state index is 12.3. The van der Waals surface area contributed by atoms with Crippen molar-refractivity contribution in [1.29, 1.82) is 0 Å². The van der Waals surface area contributed by atoms with Gasteiger partial charge in [-0.2, -0.15) is 26.3 Å². The number of nitrogens with one attached hydrogen (secondary N) is 2. The van der Waals surface area contributed by atoms with E-state index in [0.29, 0.717) is 5.32 Å². The fourth-order valence-corrected chi connectivity index (χ4v) is 1.15. The monoisotopic (exact) mass is 302 g/mol. The van der Waals surface area contributed by atoms with Crippen LogP contribution in [0.25, 0.3) is 0 Å². The summed E-state index contributed by atoms with van der Waals surface area (Å²) in [4.78, 5) is 11.1. The standard InChI is InChI=1S/C10H8F6N2O2/c11-9(12,13)8(20,10(14,15)16)18-7(19)17-6-4-2-1-3-5-6/h1-5,20H,(H2,17,18,19). The molecule has 0 atom stereocenters. The van der Waals surface area contributed by atoms with Gasteiger partial charge < -0.3 is 10.4 Å². The molecule has 0 aliphatic carbocycles. The second-order valence-electron chi connectivity index (χ2n) is 3.65.